The molecule has 3 aliphatic rings. The Balaban J connectivity index is 1.30. The van der Waals surface area contributed by atoms with Crippen molar-refractivity contribution in [1.82, 2.24) is 14.5 Å². The van der Waals surface area contributed by atoms with E-state index in [2.05, 4.69) is 32.7 Å². The average Bonchev–Trinajstić information content (AvgIpc) is 3.30. The first kappa shape index (κ1) is 14.0. The van der Waals surface area contributed by atoms with E-state index in [0.29, 0.717) is 17.9 Å². The number of rotatable bonds is 4. The number of imidazole rings is 1. The Hall–Kier alpha value is -1.43. The molecule has 0 saturated carbocycles. The molecule has 5 rings (SSSR count). The van der Waals surface area contributed by atoms with E-state index < -0.39 is 0 Å². The van der Waals surface area contributed by atoms with E-state index >= 15 is 0 Å². The summed E-state index contributed by atoms with van der Waals surface area (Å²) in [4.78, 5) is 6.99. The summed E-state index contributed by atoms with van der Waals surface area (Å²) in [7, 11) is 0. The highest BCUT2D eigenvalue weighted by molar-refractivity contribution is 5.74. The molecular weight excluding hydrogens is 290 g/mol. The van der Waals surface area contributed by atoms with Gasteiger partial charge in [-0.3, -0.25) is 4.90 Å². The van der Waals surface area contributed by atoms with E-state index in [4.69, 9.17) is 4.74 Å². The fourth-order valence-corrected chi connectivity index (χ4v) is 5.14. The van der Waals surface area contributed by atoms with Gasteiger partial charge in [-0.15, -0.1) is 0 Å². The number of aliphatic hydroxyl groups excluding tert-OH is 1. The minimum absolute atomic E-state index is 0.0368. The number of aromatic nitrogens is 2. The van der Waals surface area contributed by atoms with Gasteiger partial charge >= 0.3 is 0 Å². The van der Waals surface area contributed by atoms with Crippen LogP contribution in [0.1, 0.15) is 12.8 Å². The average molecular weight is 313 g/mol. The second-order valence-corrected chi connectivity index (χ2v) is 7.37. The van der Waals surface area contributed by atoms with Gasteiger partial charge in [0.25, 0.3) is 0 Å². The van der Waals surface area contributed by atoms with Gasteiger partial charge in [0.05, 0.1) is 29.1 Å². The third-order valence-electron chi connectivity index (χ3n) is 6.25. The van der Waals surface area contributed by atoms with Crippen molar-refractivity contribution in [1.29, 1.82) is 0 Å². The number of nitrogens with zero attached hydrogens (tertiary/aromatic N) is 3. The quantitative estimate of drug-likeness (QED) is 0.929. The van der Waals surface area contributed by atoms with Crippen molar-refractivity contribution in [2.75, 3.05) is 26.2 Å². The molecular formula is C18H23N3O2. The molecule has 2 aromatic rings. The van der Waals surface area contributed by atoms with Crippen molar-refractivity contribution in [2.24, 2.45) is 11.8 Å². The molecule has 1 aromatic heterocycles. The SMILES string of the molecule is OC[C@H]1[C@@H]2CC[C@@]3(CN(CCn4cnc5ccccc54)C[C@@H]13)O2. The summed E-state index contributed by atoms with van der Waals surface area (Å²) < 4.78 is 8.54. The van der Waals surface area contributed by atoms with E-state index in [1.54, 1.807) is 0 Å². The van der Waals surface area contributed by atoms with Crippen LogP contribution in [0.5, 0.6) is 0 Å². The van der Waals surface area contributed by atoms with Crippen molar-refractivity contribution in [2.45, 2.75) is 31.1 Å². The van der Waals surface area contributed by atoms with Crippen LogP contribution in [0.4, 0.5) is 0 Å². The van der Waals surface area contributed by atoms with Crippen LogP contribution in [0.25, 0.3) is 11.0 Å². The summed E-state index contributed by atoms with van der Waals surface area (Å²) in [5.74, 6) is 0.869. The second kappa shape index (κ2) is 5.03. The van der Waals surface area contributed by atoms with E-state index in [-0.39, 0.29) is 12.2 Å². The van der Waals surface area contributed by atoms with Crippen LogP contribution in [0.2, 0.25) is 0 Å². The molecule has 0 amide bonds. The van der Waals surface area contributed by atoms with Gasteiger partial charge < -0.3 is 14.4 Å². The first-order valence-electron chi connectivity index (χ1n) is 8.70. The molecule has 1 spiro atoms. The number of aliphatic hydroxyl groups is 1. The normalized spacial score (nSPS) is 36.1. The van der Waals surface area contributed by atoms with Crippen molar-refractivity contribution in [3.05, 3.63) is 30.6 Å². The smallest absolute Gasteiger partial charge is 0.0958 e. The van der Waals surface area contributed by atoms with Crippen LogP contribution in [0.15, 0.2) is 30.6 Å². The molecule has 3 fully saturated rings. The predicted octanol–water partition coefficient (Wildman–Crippen LogP) is 1.51. The Kier molecular flexibility index (Phi) is 3.05. The van der Waals surface area contributed by atoms with Crippen molar-refractivity contribution < 1.29 is 9.84 Å². The Morgan fingerprint density at radius 1 is 1.30 bits per heavy atom. The number of fused-ring (bicyclic) bond motifs is 2. The van der Waals surface area contributed by atoms with Crippen LogP contribution in [-0.2, 0) is 11.3 Å². The fourth-order valence-electron chi connectivity index (χ4n) is 5.14. The molecule has 3 aliphatic heterocycles. The highest BCUT2D eigenvalue weighted by atomic mass is 16.5. The van der Waals surface area contributed by atoms with Gasteiger partial charge in [-0.25, -0.2) is 4.98 Å². The van der Waals surface area contributed by atoms with Gasteiger partial charge in [0.1, 0.15) is 0 Å². The number of para-hydroxylation sites is 2. The molecule has 5 nitrogen and oxygen atoms in total. The summed E-state index contributed by atoms with van der Waals surface area (Å²) in [5.41, 5.74) is 2.30. The maximum absolute atomic E-state index is 9.71. The largest absolute Gasteiger partial charge is 0.396 e. The predicted molar refractivity (Wildman–Crippen MR) is 87.1 cm³/mol. The van der Waals surface area contributed by atoms with Crippen LogP contribution in [0, 0.1) is 11.8 Å². The molecule has 1 aromatic carbocycles. The molecule has 23 heavy (non-hydrogen) atoms. The zero-order chi connectivity index (χ0) is 15.4. The third-order valence-corrected chi connectivity index (χ3v) is 6.25. The van der Waals surface area contributed by atoms with Crippen LogP contribution in [0.3, 0.4) is 0 Å². The van der Waals surface area contributed by atoms with E-state index in [1.165, 1.54) is 11.9 Å². The first-order valence-corrected chi connectivity index (χ1v) is 8.70. The minimum atomic E-state index is 0.0368. The van der Waals surface area contributed by atoms with Crippen LogP contribution >= 0.6 is 0 Å². The lowest BCUT2D eigenvalue weighted by molar-refractivity contribution is 0.000837. The highest BCUT2D eigenvalue weighted by Crippen LogP contribution is 2.54. The monoisotopic (exact) mass is 313 g/mol. The summed E-state index contributed by atoms with van der Waals surface area (Å²) in [5, 5.41) is 9.71. The highest BCUT2D eigenvalue weighted by Gasteiger charge is 2.62. The summed E-state index contributed by atoms with van der Waals surface area (Å²) >= 11 is 0. The number of likely N-dealkylation sites (tertiary alicyclic amines) is 1. The van der Waals surface area contributed by atoms with Gasteiger partial charge in [-0.2, -0.15) is 0 Å². The fraction of sp³-hybridized carbons (Fsp3) is 0.611. The van der Waals surface area contributed by atoms with Crippen LogP contribution < -0.4 is 0 Å². The molecule has 3 saturated heterocycles. The van der Waals surface area contributed by atoms with Crippen molar-refractivity contribution in [3.63, 3.8) is 0 Å². The lowest BCUT2D eigenvalue weighted by atomic mass is 9.74. The Labute approximate surface area is 135 Å². The van der Waals surface area contributed by atoms with E-state index in [0.717, 1.165) is 38.1 Å². The lowest BCUT2D eigenvalue weighted by Crippen LogP contribution is -2.37. The molecule has 0 radical (unpaired) electrons. The van der Waals surface area contributed by atoms with E-state index in [9.17, 15) is 5.11 Å². The van der Waals surface area contributed by atoms with E-state index in [1.807, 2.05) is 12.4 Å². The van der Waals surface area contributed by atoms with Crippen LogP contribution in [-0.4, -0.2) is 57.5 Å². The molecule has 0 aliphatic carbocycles. The minimum Gasteiger partial charge on any atom is -0.396 e. The van der Waals surface area contributed by atoms with Gasteiger partial charge in [0.15, 0.2) is 0 Å². The zero-order valence-corrected chi connectivity index (χ0v) is 13.3. The second-order valence-electron chi connectivity index (χ2n) is 7.37. The maximum atomic E-state index is 9.71. The molecule has 4 heterocycles. The summed E-state index contributed by atoms with van der Waals surface area (Å²) in [6, 6.07) is 8.29. The third kappa shape index (κ3) is 2.00. The van der Waals surface area contributed by atoms with Crippen molar-refractivity contribution >= 4 is 11.0 Å². The Morgan fingerprint density at radius 3 is 3.13 bits per heavy atom. The number of benzene rings is 1. The summed E-state index contributed by atoms with van der Waals surface area (Å²) in [6.45, 7) is 4.34. The zero-order valence-electron chi connectivity index (χ0n) is 13.3. The Bertz CT molecular complexity index is 730. The molecule has 2 bridgehead atoms. The molecule has 4 atom stereocenters. The number of ether oxygens (including phenoxy) is 1. The van der Waals surface area contributed by atoms with Gasteiger partial charge in [0, 0.05) is 44.6 Å². The van der Waals surface area contributed by atoms with Crippen molar-refractivity contribution in [3.8, 4) is 0 Å². The lowest BCUT2D eigenvalue weighted by Gasteiger charge is -2.28. The molecule has 5 heteroatoms. The number of hydrogen-bond acceptors (Lipinski definition) is 4. The molecule has 122 valence electrons. The maximum Gasteiger partial charge on any atom is 0.0958 e. The topological polar surface area (TPSA) is 50.5 Å². The van der Waals surface area contributed by atoms with Gasteiger partial charge in [-0.05, 0) is 25.0 Å². The molecule has 1 N–H and O–H groups in total. The van der Waals surface area contributed by atoms with Gasteiger partial charge in [-0.1, -0.05) is 12.1 Å². The van der Waals surface area contributed by atoms with Gasteiger partial charge in [0.2, 0.25) is 0 Å². The first-order chi connectivity index (χ1) is 11.3. The number of hydrogen-bond donors (Lipinski definition) is 1. The molecule has 0 unspecified atom stereocenters. The summed E-state index contributed by atoms with van der Waals surface area (Å²) in [6.07, 6.45) is 4.55. The standard InChI is InChI=1S/C18H23N3O2/c22-10-13-14-9-20(11-18(14)6-5-17(13)23-18)7-8-21-12-19-15-3-1-2-4-16(15)21/h1-4,12-14,17,22H,5-11H2/t13-,14+,17+,18+/m1/s1. The Morgan fingerprint density at radius 2 is 2.22 bits per heavy atom.